The maximum Gasteiger partial charge on any atom is 0.410 e. The number of carbonyl (C=O) groups is 1. The van der Waals surface area contributed by atoms with Gasteiger partial charge in [-0.3, -0.25) is 0 Å². The van der Waals surface area contributed by atoms with Crippen LogP contribution in [-0.4, -0.2) is 64.9 Å². The summed E-state index contributed by atoms with van der Waals surface area (Å²) in [6.07, 6.45) is 3.69. The van der Waals surface area contributed by atoms with E-state index in [-0.39, 0.29) is 6.09 Å². The molecule has 1 fully saturated rings. The number of aromatic nitrogens is 3. The highest BCUT2D eigenvalue weighted by Gasteiger charge is 2.27. The van der Waals surface area contributed by atoms with Crippen molar-refractivity contribution in [3.05, 3.63) is 30.5 Å². The third kappa shape index (κ3) is 5.32. The van der Waals surface area contributed by atoms with Crippen LogP contribution < -0.4 is 10.2 Å². The van der Waals surface area contributed by atoms with Gasteiger partial charge in [0.15, 0.2) is 0 Å². The summed E-state index contributed by atoms with van der Waals surface area (Å²) in [7, 11) is 4.07. The molecule has 2 aromatic heterocycles. The fourth-order valence-corrected chi connectivity index (χ4v) is 4.52. The molecule has 1 aromatic carbocycles. The number of piperidine rings is 1. The zero-order valence-corrected chi connectivity index (χ0v) is 20.3. The molecule has 1 saturated heterocycles. The Balaban J connectivity index is 1.31. The Labute approximate surface area is 193 Å². The van der Waals surface area contributed by atoms with Gasteiger partial charge in [0.1, 0.15) is 5.60 Å². The minimum Gasteiger partial charge on any atom is -0.444 e. The highest BCUT2D eigenvalue weighted by molar-refractivity contribution is 7.20. The molecule has 1 amide bonds. The van der Waals surface area contributed by atoms with Crippen LogP contribution in [0, 0.1) is 5.92 Å². The quantitative estimate of drug-likeness (QED) is 0.606. The second kappa shape index (κ2) is 8.97. The summed E-state index contributed by atoms with van der Waals surface area (Å²) in [4.78, 5) is 21.7. The van der Waals surface area contributed by atoms with E-state index in [4.69, 9.17) is 9.72 Å². The third-order valence-corrected chi connectivity index (χ3v) is 6.39. The molecular formula is C23H32N6O2S. The molecule has 8 nitrogen and oxygen atoms in total. The van der Waals surface area contributed by atoms with Gasteiger partial charge in [0.05, 0.1) is 11.9 Å². The molecule has 0 bridgehead atoms. The molecule has 1 N–H and O–H groups in total. The van der Waals surface area contributed by atoms with E-state index in [1.54, 1.807) is 11.3 Å². The van der Waals surface area contributed by atoms with Crippen molar-refractivity contribution >= 4 is 33.2 Å². The van der Waals surface area contributed by atoms with Crippen LogP contribution in [-0.2, 0) is 4.74 Å². The van der Waals surface area contributed by atoms with Crippen LogP contribution in [0.2, 0.25) is 0 Å². The summed E-state index contributed by atoms with van der Waals surface area (Å²) < 4.78 is 7.32. The van der Waals surface area contributed by atoms with Crippen LogP contribution in [0.3, 0.4) is 0 Å². The summed E-state index contributed by atoms with van der Waals surface area (Å²) >= 11 is 1.56. The van der Waals surface area contributed by atoms with Crippen LogP contribution in [0.5, 0.6) is 0 Å². The number of carbonyl (C=O) groups excluding carboxylic acids is 1. The topological polar surface area (TPSA) is 75.0 Å². The smallest absolute Gasteiger partial charge is 0.410 e. The number of likely N-dealkylation sites (tertiary alicyclic amines) is 1. The maximum atomic E-state index is 12.2. The molecule has 1 aliphatic rings. The highest BCUT2D eigenvalue weighted by Crippen LogP contribution is 2.27. The van der Waals surface area contributed by atoms with Crippen molar-refractivity contribution in [2.45, 2.75) is 39.2 Å². The lowest BCUT2D eigenvalue weighted by atomic mass is 9.97. The predicted molar refractivity (Wildman–Crippen MR) is 130 cm³/mol. The van der Waals surface area contributed by atoms with Crippen molar-refractivity contribution in [3.8, 4) is 11.3 Å². The summed E-state index contributed by atoms with van der Waals surface area (Å²) in [5, 5.41) is 8.98. The second-order valence-electron chi connectivity index (χ2n) is 9.50. The molecule has 32 heavy (non-hydrogen) atoms. The van der Waals surface area contributed by atoms with Crippen LogP contribution >= 0.6 is 11.3 Å². The zero-order chi connectivity index (χ0) is 22.9. The number of amides is 1. The third-order valence-electron chi connectivity index (χ3n) is 5.51. The van der Waals surface area contributed by atoms with Crippen molar-refractivity contribution in [1.82, 2.24) is 19.5 Å². The van der Waals surface area contributed by atoms with Crippen LogP contribution in [0.15, 0.2) is 30.5 Å². The van der Waals surface area contributed by atoms with Gasteiger partial charge in [-0.15, -0.1) is 5.10 Å². The number of nitrogens with one attached hydrogen (secondary N) is 1. The predicted octanol–water partition coefficient (Wildman–Crippen LogP) is 4.58. The SMILES string of the molecule is CN(C)c1cccc(-c2cn3nc(NCC4CCN(C(=O)OC(C)(C)C)CC4)sc3n2)c1. The largest absolute Gasteiger partial charge is 0.444 e. The number of imidazole rings is 1. The molecule has 9 heteroatoms. The van der Waals surface area contributed by atoms with Crippen molar-refractivity contribution < 1.29 is 9.53 Å². The number of hydrogen-bond donors (Lipinski definition) is 1. The van der Waals surface area contributed by atoms with E-state index in [1.165, 1.54) is 0 Å². The number of ether oxygens (including phenoxy) is 1. The van der Waals surface area contributed by atoms with E-state index < -0.39 is 5.60 Å². The average Bonchev–Trinajstić information content (AvgIpc) is 3.30. The van der Waals surface area contributed by atoms with Crippen LogP contribution in [0.1, 0.15) is 33.6 Å². The molecule has 0 aliphatic carbocycles. The standard InChI is InChI=1S/C23H32N6O2S/c1-23(2,3)31-22(30)28-11-9-16(10-12-28)14-24-20-26-29-15-19(25-21(29)32-20)17-7-6-8-18(13-17)27(4)5/h6-8,13,15-16H,9-12,14H2,1-5H3,(H,24,26). The molecule has 0 radical (unpaired) electrons. The molecule has 3 aromatic rings. The van der Waals surface area contributed by atoms with E-state index in [0.717, 1.165) is 59.5 Å². The Morgan fingerprint density at radius 2 is 2.03 bits per heavy atom. The molecule has 1 aliphatic heterocycles. The van der Waals surface area contributed by atoms with Crippen molar-refractivity contribution in [3.63, 3.8) is 0 Å². The van der Waals surface area contributed by atoms with E-state index in [9.17, 15) is 4.79 Å². The zero-order valence-electron chi connectivity index (χ0n) is 19.5. The van der Waals surface area contributed by atoms with Crippen LogP contribution in [0.25, 0.3) is 16.2 Å². The molecular weight excluding hydrogens is 424 g/mol. The first-order chi connectivity index (χ1) is 15.2. The summed E-state index contributed by atoms with van der Waals surface area (Å²) in [5.74, 6) is 0.509. The Hall–Kier alpha value is -2.81. The van der Waals surface area contributed by atoms with Gasteiger partial charge in [-0.05, 0) is 51.7 Å². The summed E-state index contributed by atoms with van der Waals surface area (Å²) in [6.45, 7) is 8.01. The minimum absolute atomic E-state index is 0.211. The second-order valence-corrected chi connectivity index (χ2v) is 10.5. The van der Waals surface area contributed by atoms with E-state index in [0.29, 0.717) is 5.92 Å². The first kappa shape index (κ1) is 22.4. The first-order valence-electron chi connectivity index (χ1n) is 11.0. The van der Waals surface area contributed by atoms with E-state index >= 15 is 0 Å². The van der Waals surface area contributed by atoms with Crippen LogP contribution in [0.4, 0.5) is 15.6 Å². The summed E-state index contributed by atoms with van der Waals surface area (Å²) in [5.41, 5.74) is 2.70. The number of fused-ring (bicyclic) bond motifs is 1. The molecule has 0 saturated carbocycles. The molecule has 172 valence electrons. The molecule has 3 heterocycles. The van der Waals surface area contributed by atoms with Gasteiger partial charge in [-0.2, -0.15) is 0 Å². The van der Waals surface area contributed by atoms with E-state index in [1.807, 2.05) is 56.5 Å². The van der Waals surface area contributed by atoms with Crippen molar-refractivity contribution in [1.29, 1.82) is 0 Å². The van der Waals surface area contributed by atoms with Gasteiger partial charge in [-0.25, -0.2) is 14.3 Å². The Kier molecular flexibility index (Phi) is 6.28. The van der Waals surface area contributed by atoms with Gasteiger partial charge < -0.3 is 19.9 Å². The molecule has 0 atom stereocenters. The fourth-order valence-electron chi connectivity index (χ4n) is 3.73. The highest BCUT2D eigenvalue weighted by atomic mass is 32.1. The Bertz CT molecular complexity index is 1040. The van der Waals surface area contributed by atoms with Gasteiger partial charge in [0.25, 0.3) is 0 Å². The number of hydrogen-bond acceptors (Lipinski definition) is 7. The molecule has 0 unspecified atom stereocenters. The lowest BCUT2D eigenvalue weighted by Gasteiger charge is -2.33. The number of rotatable bonds is 5. The molecule has 0 spiro atoms. The monoisotopic (exact) mass is 456 g/mol. The van der Waals surface area contributed by atoms with Gasteiger partial charge >= 0.3 is 6.09 Å². The normalized spacial score (nSPS) is 15.2. The van der Waals surface area contributed by atoms with Crippen molar-refractivity contribution in [2.24, 2.45) is 5.92 Å². The van der Waals surface area contributed by atoms with Gasteiger partial charge in [-0.1, -0.05) is 23.5 Å². The number of nitrogens with zero attached hydrogens (tertiary/aromatic N) is 5. The maximum absolute atomic E-state index is 12.2. The Morgan fingerprint density at radius 3 is 2.69 bits per heavy atom. The first-order valence-corrected chi connectivity index (χ1v) is 11.9. The fraction of sp³-hybridized carbons (Fsp3) is 0.522. The van der Waals surface area contributed by atoms with E-state index in [2.05, 4.69) is 33.5 Å². The number of benzene rings is 1. The minimum atomic E-state index is -0.451. The van der Waals surface area contributed by atoms with Crippen molar-refractivity contribution in [2.75, 3.05) is 43.9 Å². The van der Waals surface area contributed by atoms with Gasteiger partial charge in [0, 0.05) is 45.0 Å². The number of anilines is 2. The summed E-state index contributed by atoms with van der Waals surface area (Å²) in [6, 6.07) is 8.34. The lowest BCUT2D eigenvalue weighted by Crippen LogP contribution is -2.42. The Morgan fingerprint density at radius 1 is 1.28 bits per heavy atom. The average molecular weight is 457 g/mol. The van der Waals surface area contributed by atoms with Gasteiger partial charge in [0.2, 0.25) is 10.1 Å². The lowest BCUT2D eigenvalue weighted by molar-refractivity contribution is 0.0188. The molecule has 4 rings (SSSR count).